The normalized spacial score (nSPS) is 12.9. The summed E-state index contributed by atoms with van der Waals surface area (Å²) in [6.45, 7) is 1.97. The van der Waals surface area contributed by atoms with E-state index in [-0.39, 0.29) is 18.3 Å². The van der Waals surface area contributed by atoms with E-state index in [1.54, 1.807) is 11.8 Å². The molecule has 0 saturated carbocycles. The van der Waals surface area contributed by atoms with Gasteiger partial charge in [0.15, 0.2) is 5.71 Å². The molecule has 0 bridgehead atoms. The Morgan fingerprint density at radius 3 is 2.43 bits per heavy atom. The highest BCUT2D eigenvalue weighted by atomic mass is 16.5. The molecule has 0 radical (unpaired) electrons. The number of rotatable bonds is 6. The average Bonchev–Trinajstić information content (AvgIpc) is 2.73. The van der Waals surface area contributed by atoms with Crippen molar-refractivity contribution in [1.29, 1.82) is 0 Å². The maximum Gasteiger partial charge on any atom is 0.360 e. The standard InChI is InChI=1S/C17H21N9O2/c1-5-28-14(27)13-11-18-26(23-22-13)17-20-15(24(2)3)19-16(21-17)25(4)12-9-7-6-8-10-12/h6-11,23H,5H2,1-4H3. The summed E-state index contributed by atoms with van der Waals surface area (Å²) in [7, 11) is 5.52. The van der Waals surface area contributed by atoms with Crippen molar-refractivity contribution >= 4 is 41.4 Å². The quantitative estimate of drug-likeness (QED) is 0.728. The third-order valence-electron chi connectivity index (χ3n) is 3.68. The minimum absolute atomic E-state index is 0.0571. The average molecular weight is 383 g/mol. The smallest absolute Gasteiger partial charge is 0.360 e. The van der Waals surface area contributed by atoms with Crippen molar-refractivity contribution in [3.8, 4) is 0 Å². The molecule has 0 saturated heterocycles. The SMILES string of the molecule is CCOC(=O)C1=NNN(c2nc(N(C)C)nc(N(C)c3ccccc3)n2)N=C1. The number of hydrogen-bond acceptors (Lipinski definition) is 11. The maximum atomic E-state index is 11.7. The highest BCUT2D eigenvalue weighted by molar-refractivity contribution is 6.59. The van der Waals surface area contributed by atoms with Crippen molar-refractivity contribution in [2.75, 3.05) is 42.7 Å². The summed E-state index contributed by atoms with van der Waals surface area (Å²) in [5.74, 6) is 0.531. The van der Waals surface area contributed by atoms with E-state index in [1.807, 2.05) is 56.4 Å². The fraction of sp³-hybridized carbons (Fsp3) is 0.294. The second kappa shape index (κ2) is 8.29. The first-order valence-electron chi connectivity index (χ1n) is 8.56. The van der Waals surface area contributed by atoms with Crippen molar-refractivity contribution in [1.82, 2.24) is 20.5 Å². The van der Waals surface area contributed by atoms with Gasteiger partial charge in [0.05, 0.1) is 12.8 Å². The van der Waals surface area contributed by atoms with E-state index in [4.69, 9.17) is 4.74 Å². The number of hydrogen-bond donors (Lipinski definition) is 1. The van der Waals surface area contributed by atoms with Crippen LogP contribution in [0.25, 0.3) is 0 Å². The second-order valence-electron chi connectivity index (χ2n) is 5.90. The molecule has 1 aromatic carbocycles. The first-order chi connectivity index (χ1) is 13.5. The van der Waals surface area contributed by atoms with Crippen LogP contribution in [-0.4, -0.2) is 60.6 Å². The van der Waals surface area contributed by atoms with E-state index in [2.05, 4.69) is 30.7 Å². The number of hydrazine groups is 1. The lowest BCUT2D eigenvalue weighted by atomic mass is 10.3. The molecule has 1 aliphatic rings. The number of benzene rings is 1. The number of hydrazone groups is 2. The molecular weight excluding hydrogens is 362 g/mol. The second-order valence-corrected chi connectivity index (χ2v) is 5.90. The maximum absolute atomic E-state index is 11.7. The van der Waals surface area contributed by atoms with Crippen LogP contribution in [-0.2, 0) is 9.53 Å². The summed E-state index contributed by atoms with van der Waals surface area (Å²) in [5.41, 5.74) is 3.61. The lowest BCUT2D eigenvalue weighted by molar-refractivity contribution is -0.134. The number of carbonyl (C=O) groups excluding carboxylic acids is 1. The highest BCUT2D eigenvalue weighted by Gasteiger charge is 2.21. The Kier molecular flexibility index (Phi) is 5.63. The zero-order valence-corrected chi connectivity index (χ0v) is 16.1. The van der Waals surface area contributed by atoms with Crippen molar-refractivity contribution in [3.05, 3.63) is 30.3 Å². The monoisotopic (exact) mass is 383 g/mol. The van der Waals surface area contributed by atoms with E-state index < -0.39 is 5.97 Å². The van der Waals surface area contributed by atoms with Crippen LogP contribution in [0.2, 0.25) is 0 Å². The van der Waals surface area contributed by atoms with Gasteiger partial charge in [-0.25, -0.2) is 4.79 Å². The van der Waals surface area contributed by atoms with Gasteiger partial charge in [-0.3, -0.25) is 0 Å². The van der Waals surface area contributed by atoms with Gasteiger partial charge in [-0.2, -0.15) is 25.6 Å². The molecule has 146 valence electrons. The van der Waals surface area contributed by atoms with Crippen molar-refractivity contribution < 1.29 is 9.53 Å². The summed E-state index contributed by atoms with van der Waals surface area (Å²) < 4.78 is 4.90. The zero-order chi connectivity index (χ0) is 20.1. The van der Waals surface area contributed by atoms with Gasteiger partial charge < -0.3 is 14.5 Å². The van der Waals surface area contributed by atoms with Crippen LogP contribution < -0.4 is 20.5 Å². The van der Waals surface area contributed by atoms with Gasteiger partial charge in [0.25, 0.3) is 5.95 Å². The minimum atomic E-state index is -0.562. The first kappa shape index (κ1) is 19.0. The molecule has 0 unspecified atom stereocenters. The Hall–Kier alpha value is -3.76. The molecule has 11 heteroatoms. The van der Waals surface area contributed by atoms with Gasteiger partial charge in [0, 0.05) is 26.8 Å². The summed E-state index contributed by atoms with van der Waals surface area (Å²) in [4.78, 5) is 28.6. The lowest BCUT2D eigenvalue weighted by Crippen LogP contribution is -2.38. The van der Waals surface area contributed by atoms with Crippen molar-refractivity contribution in [3.63, 3.8) is 0 Å². The fourth-order valence-electron chi connectivity index (χ4n) is 2.22. The molecule has 3 rings (SSSR count). The van der Waals surface area contributed by atoms with Gasteiger partial charge in [0.2, 0.25) is 11.9 Å². The molecule has 2 heterocycles. The van der Waals surface area contributed by atoms with Crippen LogP contribution in [0.4, 0.5) is 23.5 Å². The van der Waals surface area contributed by atoms with Gasteiger partial charge in [-0.05, 0) is 19.1 Å². The van der Waals surface area contributed by atoms with Gasteiger partial charge in [-0.1, -0.05) is 18.2 Å². The number of aromatic nitrogens is 3. The molecule has 0 amide bonds. The number of nitrogens with zero attached hydrogens (tertiary/aromatic N) is 8. The Morgan fingerprint density at radius 2 is 1.82 bits per heavy atom. The molecule has 28 heavy (non-hydrogen) atoms. The number of carbonyl (C=O) groups is 1. The summed E-state index contributed by atoms with van der Waals surface area (Å²) >= 11 is 0. The molecule has 1 aliphatic heterocycles. The van der Waals surface area contributed by atoms with Gasteiger partial charge in [0.1, 0.15) is 0 Å². The predicted molar refractivity (Wildman–Crippen MR) is 107 cm³/mol. The van der Waals surface area contributed by atoms with Crippen LogP contribution in [0.5, 0.6) is 0 Å². The zero-order valence-electron chi connectivity index (χ0n) is 16.1. The van der Waals surface area contributed by atoms with Crippen LogP contribution in [0.15, 0.2) is 40.5 Å². The Labute approximate surface area is 162 Å². The van der Waals surface area contributed by atoms with E-state index >= 15 is 0 Å². The largest absolute Gasteiger partial charge is 0.461 e. The van der Waals surface area contributed by atoms with Gasteiger partial charge in [-0.15, -0.1) is 10.2 Å². The van der Waals surface area contributed by atoms with Crippen LogP contribution in [0, 0.1) is 0 Å². The minimum Gasteiger partial charge on any atom is -0.461 e. The number of anilines is 4. The Balaban J connectivity index is 1.89. The third kappa shape index (κ3) is 4.14. The highest BCUT2D eigenvalue weighted by Crippen LogP contribution is 2.23. The van der Waals surface area contributed by atoms with Crippen LogP contribution in [0.3, 0.4) is 0 Å². The lowest BCUT2D eigenvalue weighted by Gasteiger charge is -2.23. The summed E-state index contributed by atoms with van der Waals surface area (Å²) in [5, 5.41) is 9.34. The van der Waals surface area contributed by atoms with E-state index in [9.17, 15) is 4.79 Å². The Bertz CT molecular complexity index is 899. The molecular formula is C17H21N9O2. The number of ether oxygens (including phenoxy) is 1. The number of nitrogens with one attached hydrogen (secondary N) is 1. The summed E-state index contributed by atoms with van der Waals surface area (Å²) in [6.07, 6.45) is 1.29. The molecule has 1 aromatic heterocycles. The third-order valence-corrected chi connectivity index (χ3v) is 3.68. The van der Waals surface area contributed by atoms with E-state index in [0.29, 0.717) is 11.9 Å². The van der Waals surface area contributed by atoms with E-state index in [1.165, 1.54) is 11.3 Å². The van der Waals surface area contributed by atoms with Crippen LogP contribution >= 0.6 is 0 Å². The molecule has 2 aromatic rings. The topological polar surface area (TPSA) is 111 Å². The van der Waals surface area contributed by atoms with Crippen molar-refractivity contribution in [2.45, 2.75) is 6.92 Å². The van der Waals surface area contributed by atoms with E-state index in [0.717, 1.165) is 5.69 Å². The van der Waals surface area contributed by atoms with Crippen LogP contribution in [0.1, 0.15) is 6.92 Å². The Morgan fingerprint density at radius 1 is 1.11 bits per heavy atom. The molecule has 0 atom stereocenters. The van der Waals surface area contributed by atoms with Gasteiger partial charge >= 0.3 is 5.97 Å². The molecule has 0 fully saturated rings. The number of esters is 1. The first-order valence-corrected chi connectivity index (χ1v) is 8.56. The predicted octanol–water partition coefficient (Wildman–Crippen LogP) is 0.935. The molecule has 0 aliphatic carbocycles. The summed E-state index contributed by atoms with van der Waals surface area (Å²) in [6, 6.07) is 9.71. The fourth-order valence-corrected chi connectivity index (χ4v) is 2.22. The number of para-hydroxylation sites is 1. The molecule has 1 N–H and O–H groups in total. The molecule has 0 spiro atoms. The van der Waals surface area contributed by atoms with Crippen molar-refractivity contribution in [2.24, 2.45) is 10.2 Å². The molecule has 11 nitrogen and oxygen atoms in total.